The Morgan fingerprint density at radius 3 is 2.20 bits per heavy atom. The molecule has 0 aromatic heterocycles. The van der Waals surface area contributed by atoms with Crippen LogP contribution >= 0.6 is 11.6 Å². The summed E-state index contributed by atoms with van der Waals surface area (Å²) < 4.78 is 35.9. The fourth-order valence-electron chi connectivity index (χ4n) is 4.75. The monoisotopic (exact) mass is 506 g/mol. The molecule has 4 rings (SSSR count). The average Bonchev–Trinajstić information content (AvgIpc) is 2.85. The van der Waals surface area contributed by atoms with Gasteiger partial charge in [-0.05, 0) is 69.0 Å². The lowest BCUT2D eigenvalue weighted by Crippen LogP contribution is -2.70. The minimum Gasteiger partial charge on any atom is -0.494 e. The molecule has 3 unspecified atom stereocenters. The maximum absolute atomic E-state index is 10.9. The van der Waals surface area contributed by atoms with Gasteiger partial charge >= 0.3 is 0 Å². The molecule has 35 heavy (non-hydrogen) atoms. The Labute approximate surface area is 212 Å². The molecular weight excluding hydrogens is 472 g/mol. The number of hydrogen-bond acceptors (Lipinski definition) is 7. The van der Waals surface area contributed by atoms with Crippen LogP contribution in [-0.2, 0) is 30.1 Å². The molecule has 7 nitrogen and oxygen atoms in total. The van der Waals surface area contributed by atoms with E-state index >= 15 is 0 Å². The zero-order valence-corrected chi connectivity index (χ0v) is 21.9. The Morgan fingerprint density at radius 1 is 0.971 bits per heavy atom. The lowest BCUT2D eigenvalue weighted by atomic mass is 9.88. The summed E-state index contributed by atoms with van der Waals surface area (Å²) in [6, 6.07) is 13.8. The van der Waals surface area contributed by atoms with Crippen molar-refractivity contribution in [1.82, 2.24) is 0 Å². The van der Waals surface area contributed by atoms with Crippen molar-refractivity contribution < 1.29 is 33.5 Å². The fraction of sp³-hybridized carbons (Fsp3) is 0.556. The van der Waals surface area contributed by atoms with Crippen LogP contribution in [0.15, 0.2) is 42.5 Å². The van der Waals surface area contributed by atoms with Gasteiger partial charge in [0, 0.05) is 19.2 Å². The molecule has 8 heteroatoms. The lowest BCUT2D eigenvalue weighted by Gasteiger charge is -2.56. The Hall–Kier alpha value is -1.71. The summed E-state index contributed by atoms with van der Waals surface area (Å²) in [6.45, 7) is 7.91. The summed E-state index contributed by atoms with van der Waals surface area (Å²) in [4.78, 5) is 0. The van der Waals surface area contributed by atoms with Crippen molar-refractivity contribution in [2.75, 3.05) is 20.8 Å². The van der Waals surface area contributed by atoms with E-state index in [1.54, 1.807) is 13.8 Å². The molecule has 0 spiro atoms. The van der Waals surface area contributed by atoms with Gasteiger partial charge in [-0.2, -0.15) is 0 Å². The quantitative estimate of drug-likeness (QED) is 0.585. The summed E-state index contributed by atoms with van der Waals surface area (Å²) in [5.74, 6) is -1.60. The molecule has 0 aliphatic carbocycles. The zero-order chi connectivity index (χ0) is 25.4. The molecule has 0 saturated carbocycles. The highest BCUT2D eigenvalue weighted by Crippen LogP contribution is 2.47. The van der Waals surface area contributed by atoms with Crippen LogP contribution in [0.5, 0.6) is 5.75 Å². The van der Waals surface area contributed by atoms with Crippen LogP contribution in [0, 0.1) is 0 Å². The standard InChI is InChI=1S/C27H35ClO7/c1-7-32-20-11-8-17(9-12-20)14-19-15-18(10-13-21(19)28)23-25-24(22(29)16(2)33-23)34-26(3,30-5)27(4,31-6)35-25/h8-13,15-16,22-25,29H,7,14H2,1-6H3/t16-,22+,23+,24+,25?,26?,27?/m1/s1. The Kier molecular flexibility index (Phi) is 7.79. The molecule has 2 fully saturated rings. The van der Waals surface area contributed by atoms with Crippen molar-refractivity contribution in [2.24, 2.45) is 0 Å². The molecule has 2 heterocycles. The zero-order valence-electron chi connectivity index (χ0n) is 21.1. The SMILES string of the molecule is CCOc1ccc(Cc2cc([C@@H]3O[C@H](C)[C@H](O)[C@@H]4OC(C)(OC)C(C)(OC)OC43)ccc2Cl)cc1. The van der Waals surface area contributed by atoms with Gasteiger partial charge in [0.25, 0.3) is 0 Å². The van der Waals surface area contributed by atoms with Gasteiger partial charge in [-0.3, -0.25) is 0 Å². The average molecular weight is 507 g/mol. The predicted molar refractivity (Wildman–Crippen MR) is 132 cm³/mol. The van der Waals surface area contributed by atoms with Crippen molar-refractivity contribution in [3.8, 4) is 5.75 Å². The third-order valence-electron chi connectivity index (χ3n) is 7.15. The minimum atomic E-state index is -1.22. The second-order valence-electron chi connectivity index (χ2n) is 9.32. The highest BCUT2D eigenvalue weighted by molar-refractivity contribution is 6.31. The summed E-state index contributed by atoms with van der Waals surface area (Å²) in [7, 11) is 3.07. The minimum absolute atomic E-state index is 0.483. The van der Waals surface area contributed by atoms with Gasteiger partial charge in [0.05, 0.1) is 12.7 Å². The molecule has 2 saturated heterocycles. The first-order chi connectivity index (χ1) is 16.6. The number of methoxy groups -OCH3 is 2. The smallest absolute Gasteiger partial charge is 0.220 e. The van der Waals surface area contributed by atoms with Crippen LogP contribution in [-0.4, -0.2) is 61.9 Å². The summed E-state index contributed by atoms with van der Waals surface area (Å²) in [5.41, 5.74) is 2.95. The molecule has 0 radical (unpaired) electrons. The van der Waals surface area contributed by atoms with Crippen LogP contribution in [0.4, 0.5) is 0 Å². The normalized spacial score (nSPS) is 34.9. The topological polar surface area (TPSA) is 75.6 Å². The number of fused-ring (bicyclic) bond motifs is 1. The third-order valence-corrected chi connectivity index (χ3v) is 7.52. The van der Waals surface area contributed by atoms with E-state index in [4.69, 9.17) is 40.0 Å². The summed E-state index contributed by atoms with van der Waals surface area (Å²) >= 11 is 6.58. The lowest BCUT2D eigenvalue weighted by molar-refractivity contribution is -0.472. The number of aliphatic hydroxyl groups excluding tert-OH is 1. The Bertz CT molecular complexity index is 1020. The molecule has 0 amide bonds. The maximum Gasteiger partial charge on any atom is 0.220 e. The van der Waals surface area contributed by atoms with Crippen molar-refractivity contribution in [3.63, 3.8) is 0 Å². The number of hydrogen-bond donors (Lipinski definition) is 1. The van der Waals surface area contributed by atoms with E-state index in [2.05, 4.69) is 0 Å². The first-order valence-corrected chi connectivity index (χ1v) is 12.3. The number of benzene rings is 2. The largest absolute Gasteiger partial charge is 0.494 e. The van der Waals surface area contributed by atoms with Gasteiger partial charge in [-0.1, -0.05) is 35.9 Å². The van der Waals surface area contributed by atoms with Gasteiger partial charge in [0.1, 0.15) is 30.2 Å². The van der Waals surface area contributed by atoms with Crippen molar-refractivity contribution in [2.45, 2.75) is 76.2 Å². The maximum atomic E-state index is 10.9. The van der Waals surface area contributed by atoms with Crippen molar-refractivity contribution >= 4 is 11.6 Å². The molecule has 2 aromatic carbocycles. The highest BCUT2D eigenvalue weighted by atomic mass is 35.5. The van der Waals surface area contributed by atoms with E-state index in [1.807, 2.05) is 56.3 Å². The Morgan fingerprint density at radius 2 is 1.60 bits per heavy atom. The van der Waals surface area contributed by atoms with Crippen LogP contribution in [0.3, 0.4) is 0 Å². The van der Waals surface area contributed by atoms with Gasteiger partial charge in [-0.25, -0.2) is 0 Å². The van der Waals surface area contributed by atoms with E-state index in [0.717, 1.165) is 22.4 Å². The van der Waals surface area contributed by atoms with Crippen LogP contribution in [0.25, 0.3) is 0 Å². The van der Waals surface area contributed by atoms with E-state index in [0.29, 0.717) is 18.1 Å². The fourth-order valence-corrected chi connectivity index (χ4v) is 4.94. The number of aliphatic hydroxyl groups is 1. The number of rotatable bonds is 7. The second kappa shape index (κ2) is 10.3. The number of ether oxygens (including phenoxy) is 6. The number of halogens is 1. The third kappa shape index (κ3) is 4.96. The molecular formula is C27H35ClO7. The van der Waals surface area contributed by atoms with E-state index in [9.17, 15) is 5.11 Å². The molecule has 2 aliphatic rings. The summed E-state index contributed by atoms with van der Waals surface area (Å²) in [6.07, 6.45) is -2.56. The molecule has 0 bridgehead atoms. The molecule has 2 aliphatic heterocycles. The van der Waals surface area contributed by atoms with E-state index in [-0.39, 0.29) is 0 Å². The van der Waals surface area contributed by atoms with Crippen LogP contribution in [0.2, 0.25) is 5.02 Å². The second-order valence-corrected chi connectivity index (χ2v) is 9.73. The molecule has 192 valence electrons. The predicted octanol–water partition coefficient (Wildman–Crippen LogP) is 4.66. The van der Waals surface area contributed by atoms with Crippen molar-refractivity contribution in [3.05, 3.63) is 64.2 Å². The van der Waals surface area contributed by atoms with E-state index < -0.39 is 42.1 Å². The van der Waals surface area contributed by atoms with Gasteiger partial charge in [0.2, 0.25) is 11.6 Å². The van der Waals surface area contributed by atoms with Crippen LogP contribution < -0.4 is 4.74 Å². The van der Waals surface area contributed by atoms with E-state index in [1.165, 1.54) is 14.2 Å². The Balaban J connectivity index is 1.64. The van der Waals surface area contributed by atoms with Crippen molar-refractivity contribution in [1.29, 1.82) is 0 Å². The first-order valence-electron chi connectivity index (χ1n) is 11.9. The molecule has 2 aromatic rings. The highest BCUT2D eigenvalue weighted by Gasteiger charge is 2.61. The molecule has 7 atom stereocenters. The van der Waals surface area contributed by atoms with Gasteiger partial charge < -0.3 is 33.5 Å². The first kappa shape index (κ1) is 26.4. The molecule has 1 N–H and O–H groups in total. The van der Waals surface area contributed by atoms with Crippen LogP contribution in [0.1, 0.15) is 50.5 Å². The van der Waals surface area contributed by atoms with Gasteiger partial charge in [0.15, 0.2) is 0 Å². The summed E-state index contributed by atoms with van der Waals surface area (Å²) in [5, 5.41) is 11.6. The van der Waals surface area contributed by atoms with Gasteiger partial charge in [-0.15, -0.1) is 0 Å².